The standard InChI is InChI=1S/C16H25F2N3O2/c17-16(18)5-8-21(9-6-16)15(23)12-2-1-7-20(10-12)11-14(22)19-13-3-4-13/h12-13H,1-11H2,(H,19,22). The minimum absolute atomic E-state index is 0.0206. The Morgan fingerprint density at radius 1 is 1.09 bits per heavy atom. The van der Waals surface area contributed by atoms with Gasteiger partial charge in [0.05, 0.1) is 12.5 Å². The van der Waals surface area contributed by atoms with Crippen LogP contribution in [0.1, 0.15) is 38.5 Å². The van der Waals surface area contributed by atoms with Crippen molar-refractivity contribution >= 4 is 11.8 Å². The molecular weight excluding hydrogens is 304 g/mol. The maximum Gasteiger partial charge on any atom is 0.251 e. The van der Waals surface area contributed by atoms with E-state index in [-0.39, 0.29) is 43.7 Å². The molecule has 3 rings (SSSR count). The molecular formula is C16H25F2N3O2. The fraction of sp³-hybridized carbons (Fsp3) is 0.875. The zero-order valence-corrected chi connectivity index (χ0v) is 13.4. The number of likely N-dealkylation sites (tertiary alicyclic amines) is 2. The number of alkyl halides is 2. The third-order valence-electron chi connectivity index (χ3n) is 4.97. The first-order chi connectivity index (χ1) is 10.9. The molecule has 0 radical (unpaired) electrons. The van der Waals surface area contributed by atoms with Crippen LogP contribution in [0.5, 0.6) is 0 Å². The number of halogens is 2. The highest BCUT2D eigenvalue weighted by molar-refractivity contribution is 5.80. The summed E-state index contributed by atoms with van der Waals surface area (Å²) in [7, 11) is 0. The van der Waals surface area contributed by atoms with Crippen molar-refractivity contribution in [3.63, 3.8) is 0 Å². The maximum absolute atomic E-state index is 13.2. The average Bonchev–Trinajstić information content (AvgIpc) is 3.30. The van der Waals surface area contributed by atoms with Crippen LogP contribution in [-0.2, 0) is 9.59 Å². The van der Waals surface area contributed by atoms with E-state index in [1.165, 1.54) is 0 Å². The Bertz CT molecular complexity index is 458. The second-order valence-electron chi connectivity index (χ2n) is 7.10. The first-order valence-electron chi connectivity index (χ1n) is 8.61. The van der Waals surface area contributed by atoms with Crippen molar-refractivity contribution in [3.8, 4) is 0 Å². The number of carbonyl (C=O) groups is 2. The minimum atomic E-state index is -2.63. The van der Waals surface area contributed by atoms with Gasteiger partial charge in [-0.1, -0.05) is 0 Å². The molecule has 3 fully saturated rings. The van der Waals surface area contributed by atoms with E-state index in [1.807, 2.05) is 4.90 Å². The van der Waals surface area contributed by atoms with Gasteiger partial charge in [-0.3, -0.25) is 14.5 Å². The molecule has 2 saturated heterocycles. The van der Waals surface area contributed by atoms with Gasteiger partial charge in [-0.2, -0.15) is 0 Å². The summed E-state index contributed by atoms with van der Waals surface area (Å²) in [6, 6.07) is 0.347. The summed E-state index contributed by atoms with van der Waals surface area (Å²) in [5, 5.41) is 2.96. The molecule has 7 heteroatoms. The monoisotopic (exact) mass is 329 g/mol. The summed E-state index contributed by atoms with van der Waals surface area (Å²) < 4.78 is 26.4. The van der Waals surface area contributed by atoms with E-state index in [9.17, 15) is 18.4 Å². The normalized spacial score (nSPS) is 28.4. The van der Waals surface area contributed by atoms with Gasteiger partial charge in [-0.05, 0) is 32.2 Å². The number of nitrogens with zero attached hydrogens (tertiary/aromatic N) is 2. The van der Waals surface area contributed by atoms with E-state index >= 15 is 0 Å². The number of piperidine rings is 2. The van der Waals surface area contributed by atoms with Gasteiger partial charge >= 0.3 is 0 Å². The SMILES string of the molecule is O=C(CN1CCCC(C(=O)N2CCC(F)(F)CC2)C1)NC1CC1. The Hall–Kier alpha value is -1.24. The number of hydrogen-bond acceptors (Lipinski definition) is 3. The summed E-state index contributed by atoms with van der Waals surface area (Å²) in [6.45, 7) is 2.00. The zero-order valence-electron chi connectivity index (χ0n) is 13.4. The van der Waals surface area contributed by atoms with Gasteiger partial charge in [0, 0.05) is 38.5 Å². The third kappa shape index (κ3) is 4.62. The Morgan fingerprint density at radius 3 is 2.43 bits per heavy atom. The average molecular weight is 329 g/mol. The van der Waals surface area contributed by atoms with Crippen molar-refractivity contribution in [2.24, 2.45) is 5.92 Å². The number of carbonyl (C=O) groups excluding carboxylic acids is 2. The first kappa shape index (κ1) is 16.6. The summed E-state index contributed by atoms with van der Waals surface area (Å²) in [5.41, 5.74) is 0. The van der Waals surface area contributed by atoms with Crippen molar-refractivity contribution in [1.82, 2.24) is 15.1 Å². The smallest absolute Gasteiger partial charge is 0.251 e. The van der Waals surface area contributed by atoms with E-state index in [0.29, 0.717) is 19.1 Å². The highest BCUT2D eigenvalue weighted by Gasteiger charge is 2.38. The van der Waals surface area contributed by atoms with Crippen LogP contribution in [0.4, 0.5) is 8.78 Å². The van der Waals surface area contributed by atoms with Crippen LogP contribution in [0.15, 0.2) is 0 Å². The van der Waals surface area contributed by atoms with Crippen molar-refractivity contribution in [2.45, 2.75) is 50.5 Å². The molecule has 1 atom stereocenters. The van der Waals surface area contributed by atoms with Crippen LogP contribution in [-0.4, -0.2) is 66.3 Å². The summed E-state index contributed by atoms with van der Waals surface area (Å²) in [5.74, 6) is -2.79. The topological polar surface area (TPSA) is 52.7 Å². The highest BCUT2D eigenvalue weighted by atomic mass is 19.3. The van der Waals surface area contributed by atoms with Crippen LogP contribution >= 0.6 is 0 Å². The molecule has 1 saturated carbocycles. The van der Waals surface area contributed by atoms with E-state index in [0.717, 1.165) is 32.2 Å². The summed E-state index contributed by atoms with van der Waals surface area (Å²) in [6.07, 6.45) is 3.31. The first-order valence-corrected chi connectivity index (χ1v) is 8.61. The molecule has 2 amide bonds. The lowest BCUT2D eigenvalue weighted by Crippen LogP contribution is -2.50. The van der Waals surface area contributed by atoms with Gasteiger partial charge in [0.1, 0.15) is 0 Å². The quantitative estimate of drug-likeness (QED) is 0.844. The second-order valence-corrected chi connectivity index (χ2v) is 7.10. The number of nitrogens with one attached hydrogen (secondary N) is 1. The highest BCUT2D eigenvalue weighted by Crippen LogP contribution is 2.29. The molecule has 1 N–H and O–H groups in total. The second kappa shape index (κ2) is 6.71. The molecule has 0 bridgehead atoms. The van der Waals surface area contributed by atoms with Crippen LogP contribution in [0.25, 0.3) is 0 Å². The van der Waals surface area contributed by atoms with E-state index in [4.69, 9.17) is 0 Å². The predicted octanol–water partition coefficient (Wildman–Crippen LogP) is 1.23. The number of rotatable bonds is 4. The van der Waals surface area contributed by atoms with Gasteiger partial charge in [-0.25, -0.2) is 8.78 Å². The maximum atomic E-state index is 13.2. The lowest BCUT2D eigenvalue weighted by molar-refractivity contribution is -0.144. The fourth-order valence-electron chi connectivity index (χ4n) is 3.42. The van der Waals surface area contributed by atoms with Crippen molar-refractivity contribution in [1.29, 1.82) is 0 Å². The minimum Gasteiger partial charge on any atom is -0.352 e. The molecule has 0 aromatic heterocycles. The Labute approximate surface area is 135 Å². The molecule has 0 aromatic carbocycles. The van der Waals surface area contributed by atoms with Crippen LogP contribution in [0.2, 0.25) is 0 Å². The number of amides is 2. The van der Waals surface area contributed by atoms with Crippen molar-refractivity contribution in [2.75, 3.05) is 32.7 Å². The molecule has 1 unspecified atom stereocenters. The molecule has 2 aliphatic heterocycles. The molecule has 0 aromatic rings. The van der Waals surface area contributed by atoms with Crippen molar-refractivity contribution < 1.29 is 18.4 Å². The molecule has 23 heavy (non-hydrogen) atoms. The molecule has 1 aliphatic carbocycles. The van der Waals surface area contributed by atoms with Gasteiger partial charge < -0.3 is 10.2 Å². The lowest BCUT2D eigenvalue weighted by atomic mass is 9.95. The molecule has 5 nitrogen and oxygen atoms in total. The zero-order chi connectivity index (χ0) is 16.4. The van der Waals surface area contributed by atoms with Crippen LogP contribution in [0, 0.1) is 5.92 Å². The largest absolute Gasteiger partial charge is 0.352 e. The van der Waals surface area contributed by atoms with Crippen molar-refractivity contribution in [3.05, 3.63) is 0 Å². The van der Waals surface area contributed by atoms with Gasteiger partial charge in [0.15, 0.2) is 0 Å². The van der Waals surface area contributed by atoms with E-state index in [1.54, 1.807) is 4.90 Å². The Balaban J connectivity index is 1.47. The van der Waals surface area contributed by atoms with Gasteiger partial charge in [-0.15, -0.1) is 0 Å². The third-order valence-corrected chi connectivity index (χ3v) is 4.97. The Kier molecular flexibility index (Phi) is 4.85. The molecule has 2 heterocycles. The van der Waals surface area contributed by atoms with Crippen LogP contribution in [0.3, 0.4) is 0 Å². The summed E-state index contributed by atoms with van der Waals surface area (Å²) >= 11 is 0. The molecule has 130 valence electrons. The van der Waals surface area contributed by atoms with Crippen LogP contribution < -0.4 is 5.32 Å². The lowest BCUT2D eigenvalue weighted by Gasteiger charge is -2.37. The summed E-state index contributed by atoms with van der Waals surface area (Å²) in [4.78, 5) is 28.0. The Morgan fingerprint density at radius 2 is 1.78 bits per heavy atom. The predicted molar refractivity (Wildman–Crippen MR) is 81.1 cm³/mol. The fourth-order valence-corrected chi connectivity index (χ4v) is 3.42. The van der Waals surface area contributed by atoms with E-state index in [2.05, 4.69) is 5.32 Å². The van der Waals surface area contributed by atoms with E-state index < -0.39 is 5.92 Å². The van der Waals surface area contributed by atoms with Gasteiger partial charge in [0.2, 0.25) is 11.8 Å². The van der Waals surface area contributed by atoms with Gasteiger partial charge in [0.25, 0.3) is 5.92 Å². The number of hydrogen-bond donors (Lipinski definition) is 1. The molecule has 3 aliphatic rings. The molecule has 0 spiro atoms.